The van der Waals surface area contributed by atoms with Crippen LogP contribution in [0.5, 0.6) is 0 Å². The van der Waals surface area contributed by atoms with Crippen LogP contribution in [-0.2, 0) is 0 Å². The van der Waals surface area contributed by atoms with Crippen LogP contribution in [0.2, 0.25) is 0 Å². The van der Waals surface area contributed by atoms with Crippen LogP contribution < -0.4 is 5.56 Å². The number of rotatable bonds is 1. The molecule has 100 valence electrons. The Morgan fingerprint density at radius 1 is 1.20 bits per heavy atom. The zero-order chi connectivity index (χ0) is 14.3. The number of nitrogens with zero attached hydrogens (tertiary/aromatic N) is 2. The van der Waals surface area contributed by atoms with Crippen LogP contribution in [0.3, 0.4) is 0 Å². The van der Waals surface area contributed by atoms with Crippen molar-refractivity contribution >= 4 is 26.8 Å². The fraction of sp³-hybridized carbons (Fsp3) is 0.0667. The minimum Gasteiger partial charge on any atom is -0.268 e. The lowest BCUT2D eigenvalue weighted by Crippen LogP contribution is -2.22. The Hall–Kier alpha value is -2.01. The van der Waals surface area contributed by atoms with Gasteiger partial charge in [0.15, 0.2) is 0 Å². The second-order valence-electron chi connectivity index (χ2n) is 4.41. The van der Waals surface area contributed by atoms with Gasteiger partial charge in [-0.1, -0.05) is 12.1 Å². The summed E-state index contributed by atoms with van der Waals surface area (Å²) in [6.45, 7) is 1.75. The van der Waals surface area contributed by atoms with Gasteiger partial charge in [-0.2, -0.15) is 0 Å². The summed E-state index contributed by atoms with van der Waals surface area (Å²) in [6, 6.07) is 11.4. The summed E-state index contributed by atoms with van der Waals surface area (Å²) in [5.41, 5.74) is 0.907. The van der Waals surface area contributed by atoms with Crippen LogP contribution in [0.15, 0.2) is 51.7 Å². The summed E-state index contributed by atoms with van der Waals surface area (Å²) in [4.78, 5) is 17.0. The van der Waals surface area contributed by atoms with Gasteiger partial charge in [0.2, 0.25) is 0 Å². The van der Waals surface area contributed by atoms with Gasteiger partial charge in [-0.3, -0.25) is 9.36 Å². The van der Waals surface area contributed by atoms with E-state index in [-0.39, 0.29) is 10.9 Å². The molecule has 1 heterocycles. The Balaban J connectivity index is 2.43. The maximum atomic E-state index is 13.3. The lowest BCUT2D eigenvalue weighted by Gasteiger charge is -2.12. The number of para-hydroxylation sites is 1. The smallest absolute Gasteiger partial charge is 0.266 e. The first-order valence-electron chi connectivity index (χ1n) is 6.02. The standard InChI is InChI=1S/C15H10BrFN2O/c1-9-18-13-7-6-10(17)8-11(13)15(20)19(9)14-5-3-2-4-12(14)16/h2-8H,1H3. The Kier molecular flexibility index (Phi) is 3.14. The first-order chi connectivity index (χ1) is 9.58. The van der Waals surface area contributed by atoms with Crippen LogP contribution in [0.4, 0.5) is 4.39 Å². The molecule has 0 spiro atoms. The van der Waals surface area contributed by atoms with E-state index in [1.807, 2.05) is 24.3 Å². The number of benzene rings is 2. The van der Waals surface area contributed by atoms with Crippen LogP contribution >= 0.6 is 15.9 Å². The minimum absolute atomic E-state index is 0.270. The van der Waals surface area contributed by atoms with E-state index in [4.69, 9.17) is 0 Å². The van der Waals surface area contributed by atoms with Crippen molar-refractivity contribution in [2.75, 3.05) is 0 Å². The van der Waals surface area contributed by atoms with Gasteiger partial charge in [-0.15, -0.1) is 0 Å². The lowest BCUT2D eigenvalue weighted by atomic mass is 10.2. The van der Waals surface area contributed by atoms with Crippen molar-refractivity contribution in [2.24, 2.45) is 0 Å². The van der Waals surface area contributed by atoms with Crippen LogP contribution in [0.25, 0.3) is 16.6 Å². The first kappa shape index (κ1) is 13.0. The molecule has 0 aliphatic rings. The molecule has 0 saturated carbocycles. The van der Waals surface area contributed by atoms with Crippen molar-refractivity contribution < 1.29 is 4.39 Å². The van der Waals surface area contributed by atoms with Crippen molar-refractivity contribution in [3.05, 3.63) is 68.9 Å². The number of hydrogen-bond acceptors (Lipinski definition) is 2. The number of aromatic nitrogens is 2. The number of halogens is 2. The largest absolute Gasteiger partial charge is 0.268 e. The van der Waals surface area contributed by atoms with Gasteiger partial charge in [-0.25, -0.2) is 9.37 Å². The topological polar surface area (TPSA) is 34.9 Å². The fourth-order valence-corrected chi connectivity index (χ4v) is 2.65. The molecule has 0 amide bonds. The molecule has 0 aliphatic heterocycles. The molecule has 3 nitrogen and oxygen atoms in total. The zero-order valence-corrected chi connectivity index (χ0v) is 12.2. The average molecular weight is 333 g/mol. The highest BCUT2D eigenvalue weighted by Crippen LogP contribution is 2.21. The molecule has 0 saturated heterocycles. The summed E-state index contributed by atoms with van der Waals surface area (Å²) in [6.07, 6.45) is 0. The Morgan fingerprint density at radius 3 is 2.70 bits per heavy atom. The maximum Gasteiger partial charge on any atom is 0.266 e. The molecule has 20 heavy (non-hydrogen) atoms. The number of aryl methyl sites for hydroxylation is 1. The van der Waals surface area contributed by atoms with E-state index in [9.17, 15) is 9.18 Å². The average Bonchev–Trinajstić information content (AvgIpc) is 2.42. The Morgan fingerprint density at radius 2 is 1.95 bits per heavy atom. The van der Waals surface area contributed by atoms with Crippen LogP contribution in [0.1, 0.15) is 5.82 Å². The summed E-state index contributed by atoms with van der Waals surface area (Å²) in [5, 5.41) is 0.270. The van der Waals surface area contributed by atoms with Gasteiger partial charge >= 0.3 is 0 Å². The fourth-order valence-electron chi connectivity index (χ4n) is 2.19. The van der Waals surface area contributed by atoms with Crippen molar-refractivity contribution in [1.82, 2.24) is 9.55 Å². The van der Waals surface area contributed by atoms with Gasteiger partial charge in [0.1, 0.15) is 11.6 Å². The highest BCUT2D eigenvalue weighted by atomic mass is 79.9. The van der Waals surface area contributed by atoms with E-state index in [0.29, 0.717) is 17.0 Å². The third kappa shape index (κ3) is 2.04. The van der Waals surface area contributed by atoms with E-state index in [2.05, 4.69) is 20.9 Å². The molecule has 0 N–H and O–H groups in total. The monoisotopic (exact) mass is 332 g/mol. The van der Waals surface area contributed by atoms with E-state index in [0.717, 1.165) is 4.47 Å². The molecule has 0 radical (unpaired) electrons. The third-order valence-electron chi connectivity index (χ3n) is 3.09. The molecule has 0 aliphatic carbocycles. The molecule has 0 unspecified atom stereocenters. The SMILES string of the molecule is Cc1nc2ccc(F)cc2c(=O)n1-c1ccccc1Br. The van der Waals surface area contributed by atoms with Gasteiger partial charge in [-0.05, 0) is 53.2 Å². The molecular formula is C15H10BrFN2O. The van der Waals surface area contributed by atoms with Crippen molar-refractivity contribution in [2.45, 2.75) is 6.92 Å². The molecule has 0 fully saturated rings. The molecule has 5 heteroatoms. The van der Waals surface area contributed by atoms with E-state index < -0.39 is 5.82 Å². The second-order valence-corrected chi connectivity index (χ2v) is 5.27. The Bertz CT molecular complexity index is 873. The normalized spacial score (nSPS) is 10.9. The van der Waals surface area contributed by atoms with Gasteiger partial charge in [0.25, 0.3) is 5.56 Å². The quantitative estimate of drug-likeness (QED) is 0.682. The highest BCUT2D eigenvalue weighted by Gasteiger charge is 2.12. The predicted molar refractivity (Wildman–Crippen MR) is 79.7 cm³/mol. The maximum absolute atomic E-state index is 13.3. The summed E-state index contributed by atoms with van der Waals surface area (Å²) in [7, 11) is 0. The third-order valence-corrected chi connectivity index (χ3v) is 3.76. The molecule has 1 aromatic heterocycles. The van der Waals surface area contributed by atoms with Gasteiger partial charge in [0.05, 0.1) is 16.6 Å². The Labute approximate surface area is 122 Å². The van der Waals surface area contributed by atoms with Crippen molar-refractivity contribution in [3.63, 3.8) is 0 Å². The first-order valence-corrected chi connectivity index (χ1v) is 6.81. The summed E-state index contributed by atoms with van der Waals surface area (Å²) >= 11 is 3.42. The zero-order valence-electron chi connectivity index (χ0n) is 10.6. The van der Waals surface area contributed by atoms with Crippen molar-refractivity contribution in [1.29, 1.82) is 0 Å². The van der Waals surface area contributed by atoms with E-state index in [1.165, 1.54) is 22.8 Å². The molecule has 3 aromatic rings. The lowest BCUT2D eigenvalue weighted by molar-refractivity contribution is 0.629. The van der Waals surface area contributed by atoms with E-state index >= 15 is 0 Å². The van der Waals surface area contributed by atoms with E-state index in [1.54, 1.807) is 6.92 Å². The van der Waals surface area contributed by atoms with Crippen molar-refractivity contribution in [3.8, 4) is 5.69 Å². The van der Waals surface area contributed by atoms with Crippen LogP contribution in [-0.4, -0.2) is 9.55 Å². The second kappa shape index (κ2) is 4.83. The molecule has 3 rings (SSSR count). The summed E-state index contributed by atoms with van der Waals surface area (Å²) < 4.78 is 15.6. The summed E-state index contributed by atoms with van der Waals surface area (Å²) in [5.74, 6) is 0.111. The molecule has 0 atom stereocenters. The van der Waals surface area contributed by atoms with Gasteiger partial charge < -0.3 is 0 Å². The van der Waals surface area contributed by atoms with Crippen LogP contribution in [0, 0.1) is 12.7 Å². The highest BCUT2D eigenvalue weighted by molar-refractivity contribution is 9.10. The number of fused-ring (bicyclic) bond motifs is 1. The van der Waals surface area contributed by atoms with Gasteiger partial charge in [0, 0.05) is 4.47 Å². The molecule has 2 aromatic carbocycles. The molecule has 0 bridgehead atoms. The molecular weight excluding hydrogens is 323 g/mol. The minimum atomic E-state index is -0.445. The number of hydrogen-bond donors (Lipinski definition) is 0. The predicted octanol–water partition coefficient (Wildman–Crippen LogP) is 3.60.